The van der Waals surface area contributed by atoms with Crippen molar-refractivity contribution in [3.63, 3.8) is 0 Å². The molecule has 0 aromatic heterocycles. The molecule has 0 saturated carbocycles. The smallest absolute Gasteiger partial charge is 0.197 e. The van der Waals surface area contributed by atoms with E-state index in [1.165, 1.54) is 23.5 Å². The standard InChI is InChI=1S/C49H91N3O6S2/c1-17-21-24-47(11,12)41(55)31-51(29-39(53)26-37(5)22-18-2)48(13,14)33-45(7,8)35-59-43(57)28-44(58)60-36-46(9,10)34-49(15,16)52(32-42(56)50-25-20-4)30-40(54)27-38(6)23-19-3/h17-23,25,37-42,50,53-56H,24,26-36H2,1-16H3/b21-17-,22-18-,23-19-,25-20-. The fraction of sp³-hybridized carbons (Fsp3) is 0.796. The van der Waals surface area contributed by atoms with Crippen LogP contribution in [0.1, 0.15) is 149 Å². The topological polar surface area (TPSA) is 134 Å². The van der Waals surface area contributed by atoms with Gasteiger partial charge in [-0.15, -0.1) is 0 Å². The molecule has 0 rings (SSSR count). The van der Waals surface area contributed by atoms with Crippen molar-refractivity contribution in [2.75, 3.05) is 37.7 Å². The van der Waals surface area contributed by atoms with Crippen LogP contribution in [0.4, 0.5) is 0 Å². The normalized spacial score (nSPS) is 17.0. The molecule has 0 aromatic rings. The number of thioether (sulfide) groups is 2. The van der Waals surface area contributed by atoms with E-state index < -0.39 is 35.6 Å². The number of nitrogens with one attached hydrogen (secondary N) is 1. The Kier molecular flexibility index (Phi) is 27.0. The van der Waals surface area contributed by atoms with E-state index in [1.54, 1.807) is 6.20 Å². The molecule has 0 spiro atoms. The average Bonchev–Trinajstić information content (AvgIpc) is 3.10. The number of aliphatic hydroxyl groups is 4. The van der Waals surface area contributed by atoms with Gasteiger partial charge in [0.15, 0.2) is 10.2 Å². The zero-order chi connectivity index (χ0) is 46.5. The fourth-order valence-corrected chi connectivity index (χ4v) is 10.3. The third kappa shape index (κ3) is 25.0. The van der Waals surface area contributed by atoms with E-state index in [0.717, 1.165) is 12.8 Å². The largest absolute Gasteiger partial charge is 0.392 e. The van der Waals surface area contributed by atoms with Crippen molar-refractivity contribution >= 4 is 33.8 Å². The third-order valence-corrected chi connectivity index (χ3v) is 14.1. The minimum Gasteiger partial charge on any atom is -0.392 e. The Morgan fingerprint density at radius 2 is 1.03 bits per heavy atom. The van der Waals surface area contributed by atoms with Gasteiger partial charge >= 0.3 is 0 Å². The molecule has 5 N–H and O–H groups in total. The van der Waals surface area contributed by atoms with Gasteiger partial charge in [0.1, 0.15) is 6.23 Å². The molecule has 11 heteroatoms. The summed E-state index contributed by atoms with van der Waals surface area (Å²) in [5.74, 6) is 1.54. The van der Waals surface area contributed by atoms with E-state index in [0.29, 0.717) is 56.9 Å². The Morgan fingerprint density at radius 1 is 0.617 bits per heavy atom. The first-order valence-corrected chi connectivity index (χ1v) is 24.3. The fourth-order valence-electron chi connectivity index (χ4n) is 8.39. The van der Waals surface area contributed by atoms with Gasteiger partial charge in [-0.05, 0) is 122 Å². The number of allylic oxidation sites excluding steroid dienone is 7. The number of carbonyl (C=O) groups excluding carboxylic acids is 2. The molecule has 6 atom stereocenters. The molecule has 0 aliphatic carbocycles. The summed E-state index contributed by atoms with van der Waals surface area (Å²) < 4.78 is 0. The van der Waals surface area contributed by atoms with Gasteiger partial charge in [0.25, 0.3) is 0 Å². The number of rotatable bonds is 31. The first-order valence-electron chi connectivity index (χ1n) is 22.3. The Bertz CT molecular complexity index is 1360. The summed E-state index contributed by atoms with van der Waals surface area (Å²) in [5, 5.41) is 47.3. The van der Waals surface area contributed by atoms with Gasteiger partial charge in [-0.2, -0.15) is 0 Å². The summed E-state index contributed by atoms with van der Waals surface area (Å²) in [6.07, 6.45) is 16.5. The van der Waals surface area contributed by atoms with Crippen LogP contribution in [0.3, 0.4) is 0 Å². The van der Waals surface area contributed by atoms with Crippen LogP contribution in [0.5, 0.6) is 0 Å². The maximum atomic E-state index is 13.3. The molecule has 6 unspecified atom stereocenters. The summed E-state index contributed by atoms with van der Waals surface area (Å²) in [7, 11) is 0. The molecular weight excluding hydrogens is 791 g/mol. The highest BCUT2D eigenvalue weighted by Crippen LogP contribution is 2.38. The van der Waals surface area contributed by atoms with E-state index in [1.807, 2.05) is 52.0 Å². The molecule has 0 heterocycles. The van der Waals surface area contributed by atoms with Gasteiger partial charge in [0.05, 0.1) is 24.7 Å². The van der Waals surface area contributed by atoms with Gasteiger partial charge in [-0.3, -0.25) is 19.4 Å². The Balaban J connectivity index is 5.67. The van der Waals surface area contributed by atoms with Crippen molar-refractivity contribution in [1.82, 2.24) is 15.1 Å². The van der Waals surface area contributed by atoms with Gasteiger partial charge in [0.2, 0.25) is 0 Å². The lowest BCUT2D eigenvalue weighted by molar-refractivity contribution is -0.117. The van der Waals surface area contributed by atoms with Crippen LogP contribution in [-0.4, -0.2) is 114 Å². The molecule has 0 saturated heterocycles. The van der Waals surface area contributed by atoms with Crippen LogP contribution in [-0.2, 0) is 9.59 Å². The van der Waals surface area contributed by atoms with E-state index in [9.17, 15) is 30.0 Å². The second-order valence-corrected chi connectivity index (χ2v) is 22.9. The maximum Gasteiger partial charge on any atom is 0.197 e. The summed E-state index contributed by atoms with van der Waals surface area (Å²) >= 11 is 2.42. The highest BCUT2D eigenvalue weighted by atomic mass is 32.2. The van der Waals surface area contributed by atoms with E-state index in [4.69, 9.17) is 0 Å². The molecular formula is C49H91N3O6S2. The van der Waals surface area contributed by atoms with Crippen LogP contribution >= 0.6 is 23.5 Å². The summed E-state index contributed by atoms with van der Waals surface area (Å²) in [6.45, 7) is 34.8. The van der Waals surface area contributed by atoms with Crippen molar-refractivity contribution < 1.29 is 30.0 Å². The van der Waals surface area contributed by atoms with Crippen LogP contribution in [0.25, 0.3) is 0 Å². The average molecular weight is 882 g/mol. The van der Waals surface area contributed by atoms with Crippen molar-refractivity contribution in [2.24, 2.45) is 28.1 Å². The van der Waals surface area contributed by atoms with Gasteiger partial charge in [-0.1, -0.05) is 121 Å². The number of nitrogens with zero attached hydrogens (tertiary/aromatic N) is 2. The maximum absolute atomic E-state index is 13.3. The highest BCUT2D eigenvalue weighted by Gasteiger charge is 2.39. The second-order valence-electron chi connectivity index (χ2n) is 20.9. The Morgan fingerprint density at radius 3 is 1.42 bits per heavy atom. The Labute approximate surface area is 376 Å². The highest BCUT2D eigenvalue weighted by molar-refractivity contribution is 8.15. The van der Waals surface area contributed by atoms with Gasteiger partial charge in [-0.25, -0.2) is 0 Å². The van der Waals surface area contributed by atoms with E-state index >= 15 is 0 Å². The number of hydrogen-bond acceptors (Lipinski definition) is 11. The number of carbonyl (C=O) groups is 2. The summed E-state index contributed by atoms with van der Waals surface area (Å²) in [5.41, 5.74) is -1.72. The molecule has 0 aliphatic rings. The number of β-amino-alcohol motifs (C(OH)–C–C–N with tert-alkyl or cyclic N) is 4. The van der Waals surface area contributed by atoms with Crippen LogP contribution in [0.2, 0.25) is 0 Å². The SMILES string of the molecule is C/C=C\CC(C)(C)C(O)CN(CC(O)CC(C)/C=C\C)C(C)(C)CC(C)(C)CSC(=O)CC(=O)SCC(C)(C)CC(C)(C)N(CC(O)CC(C)/C=C\C)CC(O)N/C=C\C. The molecule has 60 heavy (non-hydrogen) atoms. The zero-order valence-corrected chi connectivity index (χ0v) is 42.5. The predicted octanol–water partition coefficient (Wildman–Crippen LogP) is 9.61. The predicted molar refractivity (Wildman–Crippen MR) is 260 cm³/mol. The van der Waals surface area contributed by atoms with Crippen molar-refractivity contribution in [1.29, 1.82) is 0 Å². The first kappa shape index (κ1) is 58.6. The lowest BCUT2D eigenvalue weighted by atomic mass is 9.78. The molecule has 350 valence electrons. The number of hydrogen-bond donors (Lipinski definition) is 5. The molecule has 0 aromatic carbocycles. The third-order valence-electron chi connectivity index (χ3n) is 11.3. The van der Waals surface area contributed by atoms with Crippen LogP contribution < -0.4 is 5.32 Å². The molecule has 0 fully saturated rings. The van der Waals surface area contributed by atoms with E-state index in [-0.39, 0.29) is 44.7 Å². The van der Waals surface area contributed by atoms with Crippen molar-refractivity contribution in [2.45, 2.75) is 185 Å². The van der Waals surface area contributed by atoms with Crippen molar-refractivity contribution in [3.05, 3.63) is 48.7 Å². The molecule has 9 nitrogen and oxygen atoms in total. The number of aliphatic hydroxyl groups excluding tert-OH is 4. The summed E-state index contributed by atoms with van der Waals surface area (Å²) in [4.78, 5) is 30.9. The Hall–Kier alpha value is -1.44. The first-order chi connectivity index (χ1) is 27.5. The van der Waals surface area contributed by atoms with Crippen LogP contribution in [0, 0.1) is 28.1 Å². The molecule has 0 radical (unpaired) electrons. The lowest BCUT2D eigenvalue weighted by Crippen LogP contribution is -2.54. The second kappa shape index (κ2) is 27.7. The lowest BCUT2D eigenvalue weighted by Gasteiger charge is -2.46. The molecule has 0 amide bonds. The van der Waals surface area contributed by atoms with Gasteiger partial charge < -0.3 is 25.7 Å². The van der Waals surface area contributed by atoms with E-state index in [2.05, 4.69) is 116 Å². The minimum atomic E-state index is -0.813. The molecule has 0 bridgehead atoms. The monoisotopic (exact) mass is 882 g/mol. The quantitative estimate of drug-likeness (QED) is 0.0259. The van der Waals surface area contributed by atoms with Crippen LogP contribution in [0.15, 0.2) is 48.7 Å². The van der Waals surface area contributed by atoms with Crippen molar-refractivity contribution in [3.8, 4) is 0 Å². The summed E-state index contributed by atoms with van der Waals surface area (Å²) in [6, 6.07) is 0. The minimum absolute atomic E-state index is 0.141. The zero-order valence-electron chi connectivity index (χ0n) is 40.9. The molecule has 0 aliphatic heterocycles. The van der Waals surface area contributed by atoms with Gasteiger partial charge in [0, 0.05) is 48.8 Å².